The molecular formula is C24H21ClN2O4. The van der Waals surface area contributed by atoms with Crippen LogP contribution in [0.5, 0.6) is 11.5 Å². The highest BCUT2D eigenvalue weighted by atomic mass is 35.5. The number of carbonyl (C=O) groups is 2. The summed E-state index contributed by atoms with van der Waals surface area (Å²) in [5, 5.41) is 4.23. The monoisotopic (exact) mass is 436 g/mol. The molecule has 3 rings (SSSR count). The van der Waals surface area contributed by atoms with Crippen LogP contribution in [0.15, 0.2) is 77.9 Å². The van der Waals surface area contributed by atoms with E-state index in [1.165, 1.54) is 11.8 Å². The van der Waals surface area contributed by atoms with Crippen molar-refractivity contribution < 1.29 is 19.1 Å². The smallest absolute Gasteiger partial charge is 0.345 e. The average Bonchev–Trinajstić information content (AvgIpc) is 2.79. The Morgan fingerprint density at radius 3 is 2.32 bits per heavy atom. The number of ether oxygens (including phenoxy) is 2. The van der Waals surface area contributed by atoms with Crippen molar-refractivity contribution in [3.05, 3.63) is 94.5 Å². The van der Waals surface area contributed by atoms with Crippen LogP contribution in [-0.2, 0) is 11.2 Å². The van der Waals surface area contributed by atoms with Crippen LogP contribution in [0.1, 0.15) is 28.4 Å². The molecule has 3 aromatic carbocycles. The molecule has 6 nitrogen and oxygen atoms in total. The fourth-order valence-corrected chi connectivity index (χ4v) is 2.80. The first kappa shape index (κ1) is 22.1. The summed E-state index contributed by atoms with van der Waals surface area (Å²) in [4.78, 5) is 24.0. The van der Waals surface area contributed by atoms with Crippen LogP contribution in [0.2, 0.25) is 5.02 Å². The lowest BCUT2D eigenvalue weighted by molar-refractivity contribution is -0.123. The zero-order valence-electron chi connectivity index (χ0n) is 16.9. The molecule has 31 heavy (non-hydrogen) atoms. The summed E-state index contributed by atoms with van der Waals surface area (Å²) in [5.74, 6) is 0.0802. The van der Waals surface area contributed by atoms with Crippen molar-refractivity contribution in [2.45, 2.75) is 13.3 Å². The fourth-order valence-electron chi connectivity index (χ4n) is 2.59. The highest BCUT2D eigenvalue weighted by Gasteiger charge is 2.11. The molecule has 0 aromatic heterocycles. The van der Waals surface area contributed by atoms with E-state index in [1.807, 2.05) is 24.3 Å². The quantitative estimate of drug-likeness (QED) is 0.241. The minimum Gasteiger partial charge on any atom is -0.484 e. The Morgan fingerprint density at radius 1 is 0.968 bits per heavy atom. The van der Waals surface area contributed by atoms with Gasteiger partial charge in [-0.05, 0) is 66.1 Å². The second-order valence-corrected chi connectivity index (χ2v) is 6.92. The predicted molar refractivity (Wildman–Crippen MR) is 120 cm³/mol. The zero-order chi connectivity index (χ0) is 22.1. The van der Waals surface area contributed by atoms with Gasteiger partial charge in [-0.1, -0.05) is 42.8 Å². The van der Waals surface area contributed by atoms with Gasteiger partial charge in [0.15, 0.2) is 6.61 Å². The van der Waals surface area contributed by atoms with Crippen molar-refractivity contribution in [1.29, 1.82) is 0 Å². The van der Waals surface area contributed by atoms with Gasteiger partial charge in [0.1, 0.15) is 11.5 Å². The topological polar surface area (TPSA) is 77.0 Å². The Bertz CT molecular complexity index is 1060. The lowest BCUT2D eigenvalue weighted by atomic mass is 10.2. The third-order valence-corrected chi connectivity index (χ3v) is 4.62. The Balaban J connectivity index is 1.46. The highest BCUT2D eigenvalue weighted by molar-refractivity contribution is 6.33. The van der Waals surface area contributed by atoms with Crippen molar-refractivity contribution in [1.82, 2.24) is 5.43 Å². The Morgan fingerprint density at radius 2 is 1.65 bits per heavy atom. The molecule has 0 aliphatic rings. The number of hydrogen-bond acceptors (Lipinski definition) is 5. The number of nitrogens with one attached hydrogen (secondary N) is 1. The van der Waals surface area contributed by atoms with Gasteiger partial charge in [-0.2, -0.15) is 5.10 Å². The lowest BCUT2D eigenvalue weighted by Gasteiger charge is -2.06. The summed E-state index contributed by atoms with van der Waals surface area (Å²) < 4.78 is 10.7. The molecule has 0 aliphatic carbocycles. The van der Waals surface area contributed by atoms with Crippen LogP contribution in [0, 0.1) is 0 Å². The SMILES string of the molecule is CCc1ccc(OCC(=O)NN=Cc2ccc(OC(=O)c3ccccc3Cl)cc2)cc1. The molecule has 3 aromatic rings. The minimum atomic E-state index is -0.538. The number of benzene rings is 3. The highest BCUT2D eigenvalue weighted by Crippen LogP contribution is 2.19. The molecule has 0 atom stereocenters. The molecule has 0 unspecified atom stereocenters. The number of halogens is 1. The van der Waals surface area contributed by atoms with E-state index in [9.17, 15) is 9.59 Å². The molecule has 0 radical (unpaired) electrons. The van der Waals surface area contributed by atoms with Crippen molar-refractivity contribution in [3.8, 4) is 11.5 Å². The number of hydrogen-bond donors (Lipinski definition) is 1. The van der Waals surface area contributed by atoms with E-state index in [4.69, 9.17) is 21.1 Å². The van der Waals surface area contributed by atoms with Crippen LogP contribution in [-0.4, -0.2) is 24.7 Å². The van der Waals surface area contributed by atoms with Crippen LogP contribution in [0.4, 0.5) is 0 Å². The first-order valence-electron chi connectivity index (χ1n) is 9.65. The summed E-state index contributed by atoms with van der Waals surface area (Å²) in [6, 6.07) is 20.9. The summed E-state index contributed by atoms with van der Waals surface area (Å²) in [7, 11) is 0. The second kappa shape index (κ2) is 10.9. The van der Waals surface area contributed by atoms with E-state index in [2.05, 4.69) is 17.5 Å². The third kappa shape index (κ3) is 6.69. The normalized spacial score (nSPS) is 10.6. The number of rotatable bonds is 8. The maximum atomic E-state index is 12.2. The van der Waals surface area contributed by atoms with Gasteiger partial charge in [0.2, 0.25) is 0 Å². The molecule has 1 N–H and O–H groups in total. The summed E-state index contributed by atoms with van der Waals surface area (Å²) in [5.41, 5.74) is 4.61. The maximum absolute atomic E-state index is 12.2. The van der Waals surface area contributed by atoms with E-state index in [-0.39, 0.29) is 12.5 Å². The first-order chi connectivity index (χ1) is 15.0. The number of aryl methyl sites for hydroxylation is 1. The summed E-state index contributed by atoms with van der Waals surface area (Å²) >= 11 is 6.00. The molecule has 0 heterocycles. The number of esters is 1. The molecule has 0 bridgehead atoms. The van der Waals surface area contributed by atoms with Gasteiger partial charge >= 0.3 is 5.97 Å². The van der Waals surface area contributed by atoms with E-state index < -0.39 is 5.97 Å². The minimum absolute atomic E-state index is 0.139. The van der Waals surface area contributed by atoms with Crippen LogP contribution >= 0.6 is 11.6 Å². The van der Waals surface area contributed by atoms with Crippen molar-refractivity contribution in [3.63, 3.8) is 0 Å². The lowest BCUT2D eigenvalue weighted by Crippen LogP contribution is -2.24. The summed E-state index contributed by atoms with van der Waals surface area (Å²) in [6.07, 6.45) is 2.42. The molecule has 0 fully saturated rings. The van der Waals surface area contributed by atoms with Gasteiger partial charge in [0.25, 0.3) is 5.91 Å². The number of amides is 1. The van der Waals surface area contributed by atoms with Gasteiger partial charge in [-0.15, -0.1) is 0 Å². The van der Waals surface area contributed by atoms with Gasteiger partial charge in [-0.25, -0.2) is 10.2 Å². The summed E-state index contributed by atoms with van der Waals surface area (Å²) in [6.45, 7) is 1.93. The molecule has 158 valence electrons. The number of nitrogens with zero attached hydrogens (tertiary/aromatic N) is 1. The largest absolute Gasteiger partial charge is 0.484 e. The Kier molecular flexibility index (Phi) is 7.79. The third-order valence-electron chi connectivity index (χ3n) is 4.29. The van der Waals surface area contributed by atoms with Crippen LogP contribution in [0.3, 0.4) is 0 Å². The standard InChI is InChI=1S/C24H21ClN2O4/c1-2-17-7-11-19(12-8-17)30-16-23(28)27-26-15-18-9-13-20(14-10-18)31-24(29)21-5-3-4-6-22(21)25/h3-15H,2,16H2,1H3,(H,27,28). The zero-order valence-corrected chi connectivity index (χ0v) is 17.6. The van der Waals surface area contributed by atoms with Crippen molar-refractivity contribution >= 4 is 29.7 Å². The Labute approximate surface area is 185 Å². The van der Waals surface area contributed by atoms with E-state index in [1.54, 1.807) is 48.5 Å². The molecule has 0 saturated heterocycles. The van der Waals surface area contributed by atoms with Crippen molar-refractivity contribution in [2.75, 3.05) is 6.61 Å². The van der Waals surface area contributed by atoms with Gasteiger partial charge < -0.3 is 9.47 Å². The van der Waals surface area contributed by atoms with Crippen LogP contribution in [0.25, 0.3) is 0 Å². The van der Waals surface area contributed by atoms with Gasteiger partial charge in [0.05, 0.1) is 16.8 Å². The predicted octanol–water partition coefficient (Wildman–Crippen LogP) is 4.65. The number of hydrazone groups is 1. The van der Waals surface area contributed by atoms with E-state index >= 15 is 0 Å². The molecule has 0 saturated carbocycles. The maximum Gasteiger partial charge on any atom is 0.345 e. The second-order valence-electron chi connectivity index (χ2n) is 6.52. The van der Waals surface area contributed by atoms with E-state index in [0.29, 0.717) is 27.6 Å². The van der Waals surface area contributed by atoms with Gasteiger partial charge in [-0.3, -0.25) is 4.79 Å². The van der Waals surface area contributed by atoms with Crippen LogP contribution < -0.4 is 14.9 Å². The molecule has 0 aliphatic heterocycles. The molecule has 0 spiro atoms. The Hall–Kier alpha value is -3.64. The average molecular weight is 437 g/mol. The van der Waals surface area contributed by atoms with Crippen molar-refractivity contribution in [2.24, 2.45) is 5.10 Å². The molecular weight excluding hydrogens is 416 g/mol. The first-order valence-corrected chi connectivity index (χ1v) is 10.0. The molecule has 7 heteroatoms. The fraction of sp³-hybridized carbons (Fsp3) is 0.125. The number of carbonyl (C=O) groups excluding carboxylic acids is 2. The molecule has 1 amide bonds. The van der Waals surface area contributed by atoms with Gasteiger partial charge in [0, 0.05) is 0 Å². The van der Waals surface area contributed by atoms with E-state index in [0.717, 1.165) is 6.42 Å².